The number of nitrogens with two attached hydrogens (primary N) is 1. The molecule has 2 N–H and O–H groups in total. The van der Waals surface area contributed by atoms with Gasteiger partial charge < -0.3 is 10.5 Å². The summed E-state index contributed by atoms with van der Waals surface area (Å²) >= 11 is 6.05. The zero-order chi connectivity index (χ0) is 18.5. The second-order valence-electron chi connectivity index (χ2n) is 5.61. The fourth-order valence-electron chi connectivity index (χ4n) is 2.34. The van der Waals surface area contributed by atoms with Crippen LogP contribution in [0.1, 0.15) is 18.3 Å². The molecule has 0 saturated carbocycles. The van der Waals surface area contributed by atoms with Gasteiger partial charge in [-0.1, -0.05) is 42.8 Å². The first-order valence-electron chi connectivity index (χ1n) is 8.09. The molecule has 26 heavy (non-hydrogen) atoms. The van der Waals surface area contributed by atoms with E-state index >= 15 is 0 Å². The Kier molecular flexibility index (Phi) is 5.43. The Morgan fingerprint density at radius 1 is 1.12 bits per heavy atom. The van der Waals surface area contributed by atoms with E-state index in [4.69, 9.17) is 22.1 Å². The zero-order valence-corrected chi connectivity index (χ0v) is 14.9. The van der Waals surface area contributed by atoms with E-state index in [0.717, 1.165) is 11.1 Å². The highest BCUT2D eigenvalue weighted by molar-refractivity contribution is 6.30. The first-order chi connectivity index (χ1) is 12.5. The molecule has 0 saturated heterocycles. The van der Waals surface area contributed by atoms with Crippen LogP contribution in [0.3, 0.4) is 0 Å². The third kappa shape index (κ3) is 4.55. The predicted molar refractivity (Wildman–Crippen MR) is 99.1 cm³/mol. The maximum absolute atomic E-state index is 11.0. The highest BCUT2D eigenvalue weighted by Crippen LogP contribution is 2.24. The van der Waals surface area contributed by atoms with Crippen LogP contribution >= 0.6 is 11.6 Å². The fourth-order valence-corrected chi connectivity index (χ4v) is 2.53. The summed E-state index contributed by atoms with van der Waals surface area (Å²) in [5.41, 5.74) is 6.80. The summed E-state index contributed by atoms with van der Waals surface area (Å²) in [7, 11) is 0. The largest absolute Gasteiger partial charge is 0.424 e. The van der Waals surface area contributed by atoms with Crippen molar-refractivity contribution in [2.24, 2.45) is 5.73 Å². The lowest BCUT2D eigenvalue weighted by molar-refractivity contribution is -0.117. The highest BCUT2D eigenvalue weighted by atomic mass is 35.5. The number of carbonyl (C=O) groups is 1. The molecule has 1 heterocycles. The number of aromatic nitrogens is 3. The van der Waals surface area contributed by atoms with Crippen molar-refractivity contribution in [3.63, 3.8) is 0 Å². The number of nitrogens with zero attached hydrogens (tertiary/aromatic N) is 3. The van der Waals surface area contributed by atoms with Crippen LogP contribution in [0.5, 0.6) is 11.8 Å². The van der Waals surface area contributed by atoms with Crippen molar-refractivity contribution in [2.45, 2.75) is 19.8 Å². The molecule has 0 spiro atoms. The number of benzene rings is 2. The summed E-state index contributed by atoms with van der Waals surface area (Å²) in [6, 6.07) is 14.5. The summed E-state index contributed by atoms with van der Waals surface area (Å²) in [6.07, 6.45) is 0.828. The molecule has 0 fully saturated rings. The molecule has 7 heteroatoms. The molecule has 0 bridgehead atoms. The zero-order valence-electron chi connectivity index (χ0n) is 14.1. The average molecular weight is 369 g/mol. The number of ether oxygens (including phenoxy) is 1. The van der Waals surface area contributed by atoms with E-state index in [1.54, 1.807) is 36.4 Å². The molecule has 2 aromatic carbocycles. The molecule has 3 aromatic rings. The second-order valence-corrected chi connectivity index (χ2v) is 6.05. The predicted octanol–water partition coefficient (Wildman–Crippen LogP) is 3.57. The van der Waals surface area contributed by atoms with Crippen molar-refractivity contribution in [3.05, 3.63) is 64.9 Å². The van der Waals surface area contributed by atoms with Gasteiger partial charge in [0.1, 0.15) is 11.6 Å². The Morgan fingerprint density at radius 2 is 1.88 bits per heavy atom. The van der Waals surface area contributed by atoms with Gasteiger partial charge in [-0.05, 0) is 29.8 Å². The Hall–Kier alpha value is -2.99. The molecule has 1 amide bonds. The Balaban J connectivity index is 1.87. The van der Waals surface area contributed by atoms with E-state index in [0.29, 0.717) is 28.8 Å². The highest BCUT2D eigenvalue weighted by Gasteiger charge is 2.10. The van der Waals surface area contributed by atoms with Crippen LogP contribution in [-0.2, 0) is 17.6 Å². The lowest BCUT2D eigenvalue weighted by atomic mass is 10.1. The summed E-state index contributed by atoms with van der Waals surface area (Å²) in [6.45, 7) is 1.96. The van der Waals surface area contributed by atoms with Gasteiger partial charge in [-0.15, -0.1) is 0 Å². The number of hydrogen-bond acceptors (Lipinski definition) is 5. The van der Waals surface area contributed by atoms with Crippen LogP contribution in [-0.4, -0.2) is 20.9 Å². The maximum Gasteiger partial charge on any atom is 0.325 e. The molecule has 1 aromatic heterocycles. The lowest BCUT2D eigenvalue weighted by Gasteiger charge is -2.08. The van der Waals surface area contributed by atoms with Gasteiger partial charge in [0.2, 0.25) is 5.91 Å². The average Bonchev–Trinajstić information content (AvgIpc) is 2.62. The molecule has 0 radical (unpaired) electrons. The molecule has 6 nitrogen and oxygen atoms in total. The van der Waals surface area contributed by atoms with Gasteiger partial charge in [0.15, 0.2) is 5.82 Å². The molecule has 132 valence electrons. The van der Waals surface area contributed by atoms with Gasteiger partial charge >= 0.3 is 6.01 Å². The molecule has 0 aliphatic carbocycles. The van der Waals surface area contributed by atoms with Crippen LogP contribution in [0.15, 0.2) is 48.5 Å². The van der Waals surface area contributed by atoms with E-state index in [1.807, 2.05) is 19.1 Å². The third-order valence-corrected chi connectivity index (χ3v) is 3.81. The normalized spacial score (nSPS) is 10.5. The van der Waals surface area contributed by atoms with E-state index in [1.165, 1.54) is 0 Å². The van der Waals surface area contributed by atoms with Crippen LogP contribution in [0, 0.1) is 0 Å². The Bertz CT molecular complexity index is 929. The van der Waals surface area contributed by atoms with Crippen molar-refractivity contribution in [1.82, 2.24) is 15.0 Å². The second kappa shape index (κ2) is 7.93. The summed E-state index contributed by atoms with van der Waals surface area (Å²) in [5, 5.41) is 0.605. The third-order valence-electron chi connectivity index (χ3n) is 3.57. The molecule has 0 aliphatic heterocycles. The van der Waals surface area contributed by atoms with E-state index < -0.39 is 0 Å². The van der Waals surface area contributed by atoms with E-state index in [-0.39, 0.29) is 18.3 Å². The number of halogens is 1. The Morgan fingerprint density at radius 3 is 2.54 bits per heavy atom. The maximum atomic E-state index is 11.0. The van der Waals surface area contributed by atoms with Crippen LogP contribution in [0.25, 0.3) is 11.4 Å². The van der Waals surface area contributed by atoms with Gasteiger partial charge in [0, 0.05) is 17.0 Å². The van der Waals surface area contributed by atoms with Crippen molar-refractivity contribution < 1.29 is 9.53 Å². The fraction of sp³-hybridized carbons (Fsp3) is 0.158. The van der Waals surface area contributed by atoms with Crippen molar-refractivity contribution in [3.8, 4) is 23.1 Å². The minimum Gasteiger partial charge on any atom is -0.424 e. The van der Waals surface area contributed by atoms with Crippen LogP contribution in [0.4, 0.5) is 0 Å². The standard InChI is InChI=1S/C19H17ClN4O2/c1-2-17-22-18(13-4-3-5-14(20)11-13)24-19(23-17)26-15-8-6-12(7-9-15)10-16(21)25/h3-9,11H,2,10H2,1H3,(H2,21,25). The molecule has 0 atom stereocenters. The van der Waals surface area contributed by atoms with Gasteiger partial charge in [-0.2, -0.15) is 9.97 Å². The van der Waals surface area contributed by atoms with Gasteiger partial charge in [-0.25, -0.2) is 4.98 Å². The summed E-state index contributed by atoms with van der Waals surface area (Å²) < 4.78 is 5.76. The van der Waals surface area contributed by atoms with E-state index in [9.17, 15) is 4.79 Å². The number of rotatable bonds is 6. The minimum atomic E-state index is -0.380. The monoisotopic (exact) mass is 368 g/mol. The van der Waals surface area contributed by atoms with Gasteiger partial charge in [0.25, 0.3) is 0 Å². The van der Waals surface area contributed by atoms with Gasteiger partial charge in [0.05, 0.1) is 6.42 Å². The molecular formula is C19H17ClN4O2. The van der Waals surface area contributed by atoms with Crippen molar-refractivity contribution in [1.29, 1.82) is 0 Å². The van der Waals surface area contributed by atoms with Crippen LogP contribution in [0.2, 0.25) is 5.02 Å². The number of hydrogen-bond donors (Lipinski definition) is 1. The van der Waals surface area contributed by atoms with E-state index in [2.05, 4.69) is 15.0 Å². The smallest absolute Gasteiger partial charge is 0.325 e. The van der Waals surface area contributed by atoms with Crippen LogP contribution < -0.4 is 10.5 Å². The number of aryl methyl sites for hydroxylation is 1. The minimum absolute atomic E-state index is 0.185. The first kappa shape index (κ1) is 17.8. The summed E-state index contributed by atoms with van der Waals surface area (Å²) in [4.78, 5) is 24.1. The SMILES string of the molecule is CCc1nc(Oc2ccc(CC(N)=O)cc2)nc(-c2cccc(Cl)c2)n1. The topological polar surface area (TPSA) is 91.0 Å². The quantitative estimate of drug-likeness (QED) is 0.718. The molecule has 3 rings (SSSR count). The molecule has 0 aliphatic rings. The number of carbonyl (C=O) groups excluding carboxylic acids is 1. The number of amides is 1. The van der Waals surface area contributed by atoms with Crippen molar-refractivity contribution >= 4 is 17.5 Å². The Labute approximate surface area is 156 Å². The number of primary amides is 1. The first-order valence-corrected chi connectivity index (χ1v) is 8.47. The van der Waals surface area contributed by atoms with Gasteiger partial charge in [-0.3, -0.25) is 4.79 Å². The summed E-state index contributed by atoms with van der Waals surface area (Å²) in [5.74, 6) is 1.30. The molecular weight excluding hydrogens is 352 g/mol. The van der Waals surface area contributed by atoms with Crippen molar-refractivity contribution in [2.75, 3.05) is 0 Å². The lowest BCUT2D eigenvalue weighted by Crippen LogP contribution is -2.13. The molecule has 0 unspecified atom stereocenters.